The molecule has 0 aromatic heterocycles. The van der Waals surface area contributed by atoms with Crippen molar-refractivity contribution >= 4 is 17.1 Å². The molecule has 3 rings (SSSR count). The monoisotopic (exact) mass is 328 g/mol. The molecule has 0 aliphatic carbocycles. The molecule has 2 aromatic rings. The molecule has 1 saturated heterocycles. The van der Waals surface area contributed by atoms with E-state index in [0.29, 0.717) is 17.9 Å². The molecule has 1 aliphatic rings. The Hall–Kier alpha value is -2.34. The first-order valence-corrected chi connectivity index (χ1v) is 8.35. The molecule has 0 radical (unpaired) electrons. The van der Waals surface area contributed by atoms with Gasteiger partial charge in [0.05, 0.1) is 0 Å². The third-order valence-corrected chi connectivity index (χ3v) is 4.46. The molecule has 0 atom stereocenters. The Bertz CT molecular complexity index is 742. The van der Waals surface area contributed by atoms with E-state index >= 15 is 0 Å². The zero-order chi connectivity index (χ0) is 17.1. The van der Waals surface area contributed by atoms with Crippen LogP contribution in [-0.4, -0.2) is 58.3 Å². The van der Waals surface area contributed by atoms with Crippen molar-refractivity contribution in [3.8, 4) is 0 Å². The standard InChI is InChI=1S/C18H24N4O2/c1-20(2)9-8-19-15-16(18(24)17(15)23)22-12-10-21(11-13-22)14-6-4-3-5-7-14/h3-7,19H,8-13H2,1-2H3. The topological polar surface area (TPSA) is 55.9 Å². The summed E-state index contributed by atoms with van der Waals surface area (Å²) >= 11 is 0. The summed E-state index contributed by atoms with van der Waals surface area (Å²) in [5.41, 5.74) is 1.54. The minimum atomic E-state index is -0.380. The van der Waals surface area contributed by atoms with Gasteiger partial charge in [-0.15, -0.1) is 0 Å². The van der Waals surface area contributed by atoms with Crippen molar-refractivity contribution in [1.82, 2.24) is 4.90 Å². The first-order chi connectivity index (χ1) is 11.6. The lowest BCUT2D eigenvalue weighted by molar-refractivity contribution is 0.425. The smallest absolute Gasteiger partial charge is 0.253 e. The number of para-hydroxylation sites is 1. The van der Waals surface area contributed by atoms with E-state index < -0.39 is 0 Å². The van der Waals surface area contributed by atoms with E-state index in [1.54, 1.807) is 0 Å². The summed E-state index contributed by atoms with van der Waals surface area (Å²) < 4.78 is 0. The molecule has 2 aromatic carbocycles. The van der Waals surface area contributed by atoms with Gasteiger partial charge in [0.1, 0.15) is 11.4 Å². The zero-order valence-corrected chi connectivity index (χ0v) is 14.3. The number of benzene rings is 1. The number of rotatable bonds is 6. The maximum absolute atomic E-state index is 12.0. The lowest BCUT2D eigenvalue weighted by atomic mass is 10.1. The van der Waals surface area contributed by atoms with Gasteiger partial charge in [-0.2, -0.15) is 0 Å². The van der Waals surface area contributed by atoms with E-state index in [-0.39, 0.29) is 10.9 Å². The predicted octanol–water partition coefficient (Wildman–Crippen LogP) is 0.583. The Balaban J connectivity index is 1.63. The van der Waals surface area contributed by atoms with Crippen LogP contribution in [0, 0.1) is 0 Å². The Morgan fingerprint density at radius 2 is 1.58 bits per heavy atom. The van der Waals surface area contributed by atoms with Gasteiger partial charge in [0.25, 0.3) is 10.9 Å². The Morgan fingerprint density at radius 3 is 2.21 bits per heavy atom. The maximum atomic E-state index is 12.0. The van der Waals surface area contributed by atoms with Gasteiger partial charge in [0.15, 0.2) is 0 Å². The van der Waals surface area contributed by atoms with Crippen LogP contribution in [0.2, 0.25) is 0 Å². The van der Waals surface area contributed by atoms with Gasteiger partial charge >= 0.3 is 0 Å². The van der Waals surface area contributed by atoms with Crippen LogP contribution in [0.3, 0.4) is 0 Å². The Kier molecular flexibility index (Phi) is 4.85. The molecule has 0 spiro atoms. The summed E-state index contributed by atoms with van der Waals surface area (Å²) in [6, 6.07) is 10.3. The molecule has 0 unspecified atom stereocenters. The largest absolute Gasteiger partial charge is 0.379 e. The number of likely N-dealkylation sites (N-methyl/N-ethyl adjacent to an activating group) is 1. The fraction of sp³-hybridized carbons (Fsp3) is 0.444. The minimum absolute atomic E-state index is 0.351. The molecule has 1 heterocycles. The third kappa shape index (κ3) is 3.28. The molecule has 0 saturated carbocycles. The van der Waals surface area contributed by atoms with Gasteiger partial charge in [-0.1, -0.05) is 18.2 Å². The fourth-order valence-corrected chi connectivity index (χ4v) is 3.08. The lowest BCUT2D eigenvalue weighted by Gasteiger charge is -2.38. The average molecular weight is 328 g/mol. The van der Waals surface area contributed by atoms with Crippen LogP contribution < -0.4 is 26.0 Å². The van der Waals surface area contributed by atoms with Crippen LogP contribution in [0.15, 0.2) is 39.9 Å². The molecule has 128 valence electrons. The molecule has 1 fully saturated rings. The maximum Gasteiger partial charge on any atom is 0.253 e. The summed E-state index contributed by atoms with van der Waals surface area (Å²) in [7, 11) is 3.96. The summed E-state index contributed by atoms with van der Waals surface area (Å²) in [6.07, 6.45) is 0. The average Bonchev–Trinajstić information content (AvgIpc) is 2.61. The van der Waals surface area contributed by atoms with Crippen molar-refractivity contribution < 1.29 is 0 Å². The van der Waals surface area contributed by atoms with Crippen molar-refractivity contribution in [1.29, 1.82) is 0 Å². The number of hydrogen-bond acceptors (Lipinski definition) is 6. The number of piperazine rings is 1. The summed E-state index contributed by atoms with van der Waals surface area (Å²) in [5.74, 6) is 0. The van der Waals surface area contributed by atoms with E-state index in [0.717, 1.165) is 32.7 Å². The first kappa shape index (κ1) is 16.5. The highest BCUT2D eigenvalue weighted by Gasteiger charge is 2.28. The molecule has 1 aliphatic heterocycles. The van der Waals surface area contributed by atoms with Crippen molar-refractivity contribution in [2.24, 2.45) is 0 Å². The SMILES string of the molecule is CN(C)CCNc1c(N2CCN(c3ccccc3)CC2)c(=O)c1=O. The van der Waals surface area contributed by atoms with E-state index in [4.69, 9.17) is 0 Å². The van der Waals surface area contributed by atoms with Crippen molar-refractivity contribution in [2.45, 2.75) is 0 Å². The van der Waals surface area contributed by atoms with E-state index in [9.17, 15) is 9.59 Å². The second kappa shape index (κ2) is 7.05. The van der Waals surface area contributed by atoms with Crippen LogP contribution in [0.25, 0.3) is 0 Å². The summed E-state index contributed by atoms with van der Waals surface area (Å²) in [5, 5.41) is 3.13. The molecule has 0 bridgehead atoms. The van der Waals surface area contributed by atoms with Gasteiger partial charge in [-0.3, -0.25) is 9.59 Å². The van der Waals surface area contributed by atoms with Crippen molar-refractivity contribution in [2.75, 3.05) is 68.5 Å². The highest BCUT2D eigenvalue weighted by molar-refractivity contribution is 5.75. The molecular formula is C18H24N4O2. The molecule has 0 amide bonds. The number of nitrogens with zero attached hydrogens (tertiary/aromatic N) is 3. The highest BCUT2D eigenvalue weighted by atomic mass is 16.2. The van der Waals surface area contributed by atoms with Gasteiger partial charge in [0.2, 0.25) is 0 Å². The van der Waals surface area contributed by atoms with Gasteiger partial charge < -0.3 is 20.0 Å². The van der Waals surface area contributed by atoms with Crippen LogP contribution >= 0.6 is 0 Å². The van der Waals surface area contributed by atoms with Crippen LogP contribution in [0.1, 0.15) is 0 Å². The molecular weight excluding hydrogens is 304 g/mol. The molecule has 6 nitrogen and oxygen atoms in total. The van der Waals surface area contributed by atoms with Crippen LogP contribution in [0.4, 0.5) is 17.1 Å². The third-order valence-electron chi connectivity index (χ3n) is 4.46. The van der Waals surface area contributed by atoms with E-state index in [1.807, 2.05) is 42.1 Å². The van der Waals surface area contributed by atoms with Gasteiger partial charge in [0, 0.05) is 45.0 Å². The van der Waals surface area contributed by atoms with E-state index in [2.05, 4.69) is 22.3 Å². The second-order valence-electron chi connectivity index (χ2n) is 6.42. The predicted molar refractivity (Wildman–Crippen MR) is 99.3 cm³/mol. The molecule has 1 N–H and O–H groups in total. The van der Waals surface area contributed by atoms with Crippen molar-refractivity contribution in [3.63, 3.8) is 0 Å². The number of hydrogen-bond donors (Lipinski definition) is 1. The van der Waals surface area contributed by atoms with Crippen LogP contribution in [-0.2, 0) is 0 Å². The molecule has 24 heavy (non-hydrogen) atoms. The lowest BCUT2D eigenvalue weighted by Crippen LogP contribution is -2.51. The zero-order valence-electron chi connectivity index (χ0n) is 14.3. The number of anilines is 3. The number of nitrogens with one attached hydrogen (secondary N) is 1. The molecule has 6 heteroatoms. The van der Waals surface area contributed by atoms with Gasteiger partial charge in [-0.25, -0.2) is 0 Å². The van der Waals surface area contributed by atoms with Crippen molar-refractivity contribution in [3.05, 3.63) is 50.8 Å². The highest BCUT2D eigenvalue weighted by Crippen LogP contribution is 2.23. The van der Waals surface area contributed by atoms with Gasteiger partial charge in [-0.05, 0) is 26.2 Å². The Labute approximate surface area is 142 Å². The second-order valence-corrected chi connectivity index (χ2v) is 6.42. The first-order valence-electron chi connectivity index (χ1n) is 8.35. The summed E-state index contributed by atoms with van der Waals surface area (Å²) in [4.78, 5) is 30.3. The van der Waals surface area contributed by atoms with Crippen LogP contribution in [0.5, 0.6) is 0 Å². The summed E-state index contributed by atoms with van der Waals surface area (Å²) in [6.45, 7) is 4.68. The fourth-order valence-electron chi connectivity index (χ4n) is 3.08. The quantitative estimate of drug-likeness (QED) is 0.783. The van der Waals surface area contributed by atoms with E-state index in [1.165, 1.54) is 5.69 Å². The normalized spacial score (nSPS) is 15.3. The minimum Gasteiger partial charge on any atom is -0.379 e. The Morgan fingerprint density at radius 1 is 0.958 bits per heavy atom.